The molecule has 1 aromatic carbocycles. The van der Waals surface area contributed by atoms with Crippen LogP contribution >= 0.6 is 34.5 Å². The van der Waals surface area contributed by atoms with Crippen molar-refractivity contribution < 1.29 is 4.79 Å². The third kappa shape index (κ3) is 4.35. The second-order valence-corrected chi connectivity index (χ2v) is 7.02. The van der Waals surface area contributed by atoms with E-state index >= 15 is 0 Å². The van der Waals surface area contributed by atoms with Gasteiger partial charge in [0.05, 0.1) is 5.01 Å². The zero-order valence-electron chi connectivity index (χ0n) is 12.3. The number of urea groups is 1. The van der Waals surface area contributed by atoms with Gasteiger partial charge in [0, 0.05) is 34.9 Å². The highest BCUT2D eigenvalue weighted by Crippen LogP contribution is 2.28. The Balaban J connectivity index is 1.60. The summed E-state index contributed by atoms with van der Waals surface area (Å²) in [5, 5.41) is 8.55. The molecule has 0 atom stereocenters. The molecule has 5 nitrogen and oxygen atoms in total. The van der Waals surface area contributed by atoms with Crippen LogP contribution in [0.25, 0.3) is 0 Å². The topological polar surface area (TPSA) is 57.3 Å². The van der Waals surface area contributed by atoms with Gasteiger partial charge in [0.25, 0.3) is 0 Å². The molecule has 0 radical (unpaired) electrons. The number of benzene rings is 1. The van der Waals surface area contributed by atoms with Gasteiger partial charge in [0.1, 0.15) is 5.82 Å². The second-order valence-electron chi connectivity index (χ2n) is 5.26. The number of thiazole rings is 1. The average Bonchev–Trinajstić information content (AvgIpc) is 3.15. The maximum absolute atomic E-state index is 11.9. The summed E-state index contributed by atoms with van der Waals surface area (Å²) in [6, 6.07) is 5.16. The van der Waals surface area contributed by atoms with Gasteiger partial charge in [-0.15, -0.1) is 11.3 Å². The van der Waals surface area contributed by atoms with Crippen molar-refractivity contribution in [2.75, 3.05) is 18.4 Å². The Labute approximate surface area is 148 Å². The van der Waals surface area contributed by atoms with Gasteiger partial charge in [-0.3, -0.25) is 10.7 Å². The number of amides is 2. The molecule has 1 aliphatic heterocycles. The van der Waals surface area contributed by atoms with Crippen molar-refractivity contribution in [2.24, 2.45) is 0 Å². The molecule has 1 saturated heterocycles. The number of hydrogen-bond acceptors (Lipinski definition) is 4. The van der Waals surface area contributed by atoms with E-state index in [4.69, 9.17) is 23.2 Å². The normalized spacial score (nSPS) is 14.9. The molecule has 1 aromatic heterocycles. The van der Waals surface area contributed by atoms with Gasteiger partial charge in [-0.1, -0.05) is 29.3 Å². The molecule has 2 N–H and O–H groups in total. The Hall–Kier alpha value is -1.34. The van der Waals surface area contributed by atoms with Crippen LogP contribution in [0.1, 0.15) is 23.4 Å². The van der Waals surface area contributed by atoms with E-state index in [0.29, 0.717) is 22.3 Å². The highest BCUT2D eigenvalue weighted by atomic mass is 35.5. The largest absolute Gasteiger partial charge is 0.334 e. The number of rotatable bonds is 4. The monoisotopic (exact) mass is 370 g/mol. The van der Waals surface area contributed by atoms with E-state index in [-0.39, 0.29) is 6.03 Å². The van der Waals surface area contributed by atoms with Gasteiger partial charge in [-0.05, 0) is 30.5 Å². The average molecular weight is 371 g/mol. The summed E-state index contributed by atoms with van der Waals surface area (Å²) in [7, 11) is 0. The summed E-state index contributed by atoms with van der Waals surface area (Å²) in [6.45, 7) is 1.78. The van der Waals surface area contributed by atoms with Crippen LogP contribution in [0.5, 0.6) is 0 Å². The van der Waals surface area contributed by atoms with Gasteiger partial charge in [-0.25, -0.2) is 14.8 Å². The Morgan fingerprint density at radius 2 is 1.96 bits per heavy atom. The van der Waals surface area contributed by atoms with Crippen molar-refractivity contribution in [3.05, 3.63) is 44.2 Å². The number of carbonyl (C=O) groups excluding carboxylic acids is 1. The molecule has 0 spiro atoms. The molecule has 0 unspecified atom stereocenters. The van der Waals surface area contributed by atoms with Crippen LogP contribution in [0.2, 0.25) is 10.0 Å². The number of carbonyl (C=O) groups is 1. The zero-order valence-corrected chi connectivity index (χ0v) is 14.6. The van der Waals surface area contributed by atoms with E-state index in [2.05, 4.69) is 15.7 Å². The third-order valence-corrected chi connectivity index (χ3v) is 5.11. The maximum Gasteiger partial charge on any atom is 0.334 e. The first-order valence-electron chi connectivity index (χ1n) is 7.31. The fraction of sp³-hybridized carbons (Fsp3) is 0.333. The van der Waals surface area contributed by atoms with E-state index < -0.39 is 0 Å². The lowest BCUT2D eigenvalue weighted by molar-refractivity contribution is 0.209. The van der Waals surface area contributed by atoms with E-state index in [9.17, 15) is 4.79 Å². The van der Waals surface area contributed by atoms with Crippen molar-refractivity contribution in [3.63, 3.8) is 0 Å². The van der Waals surface area contributed by atoms with Crippen molar-refractivity contribution in [1.82, 2.24) is 15.4 Å². The summed E-state index contributed by atoms with van der Waals surface area (Å²) in [5.41, 5.74) is 3.66. The molecule has 0 saturated carbocycles. The maximum atomic E-state index is 11.9. The van der Waals surface area contributed by atoms with Crippen LogP contribution in [0.4, 0.5) is 10.6 Å². The lowest BCUT2D eigenvalue weighted by Crippen LogP contribution is -2.42. The molecule has 2 amide bonds. The van der Waals surface area contributed by atoms with Crippen LogP contribution in [0, 0.1) is 0 Å². The van der Waals surface area contributed by atoms with Crippen LogP contribution in [-0.2, 0) is 6.42 Å². The number of nitrogens with zero attached hydrogens (tertiary/aromatic N) is 2. The van der Waals surface area contributed by atoms with Crippen molar-refractivity contribution in [2.45, 2.75) is 19.3 Å². The van der Waals surface area contributed by atoms with Crippen molar-refractivity contribution >= 4 is 46.4 Å². The highest BCUT2D eigenvalue weighted by Gasteiger charge is 2.15. The Morgan fingerprint density at radius 3 is 2.65 bits per heavy atom. The minimum absolute atomic E-state index is 0.264. The number of anilines is 1. The quantitative estimate of drug-likeness (QED) is 0.848. The van der Waals surface area contributed by atoms with E-state index in [1.54, 1.807) is 12.1 Å². The summed E-state index contributed by atoms with van der Waals surface area (Å²) >= 11 is 13.8. The van der Waals surface area contributed by atoms with E-state index in [0.717, 1.165) is 36.5 Å². The summed E-state index contributed by atoms with van der Waals surface area (Å²) < 4.78 is 0. The van der Waals surface area contributed by atoms with Gasteiger partial charge < -0.3 is 0 Å². The molecular weight excluding hydrogens is 355 g/mol. The molecule has 0 bridgehead atoms. The third-order valence-electron chi connectivity index (χ3n) is 3.55. The molecule has 1 fully saturated rings. The molecule has 2 aromatic rings. The fourth-order valence-electron chi connectivity index (χ4n) is 2.42. The zero-order chi connectivity index (χ0) is 16.2. The molecule has 2 heterocycles. The van der Waals surface area contributed by atoms with Crippen LogP contribution < -0.4 is 10.7 Å². The number of hydrogen-bond donors (Lipinski definition) is 2. The predicted octanol–water partition coefficient (Wildman–Crippen LogP) is 4.17. The molecule has 3 rings (SSSR count). The Kier molecular flexibility index (Phi) is 5.38. The predicted molar refractivity (Wildman–Crippen MR) is 94.3 cm³/mol. The van der Waals surface area contributed by atoms with Crippen molar-refractivity contribution in [1.29, 1.82) is 0 Å². The van der Waals surface area contributed by atoms with Gasteiger partial charge in [0.2, 0.25) is 0 Å². The number of aromatic nitrogens is 1. The fourth-order valence-corrected chi connectivity index (χ4v) is 3.69. The smallest absolute Gasteiger partial charge is 0.291 e. The van der Waals surface area contributed by atoms with Crippen LogP contribution in [0.15, 0.2) is 23.6 Å². The molecule has 1 aliphatic rings. The van der Waals surface area contributed by atoms with Gasteiger partial charge >= 0.3 is 6.03 Å². The minimum Gasteiger partial charge on any atom is -0.291 e. The first-order valence-corrected chi connectivity index (χ1v) is 8.95. The lowest BCUT2D eigenvalue weighted by Gasteiger charge is -2.15. The highest BCUT2D eigenvalue weighted by molar-refractivity contribution is 7.10. The molecular formula is C15H16Cl2N4OS. The van der Waals surface area contributed by atoms with Crippen LogP contribution in [0.3, 0.4) is 0 Å². The number of nitrogens with one attached hydrogen (secondary N) is 2. The van der Waals surface area contributed by atoms with Gasteiger partial charge in [0.15, 0.2) is 0 Å². The lowest BCUT2D eigenvalue weighted by atomic mass is 10.1. The summed E-state index contributed by atoms with van der Waals surface area (Å²) in [6.07, 6.45) is 2.76. The van der Waals surface area contributed by atoms with Crippen LogP contribution in [-0.4, -0.2) is 29.1 Å². The van der Waals surface area contributed by atoms with Crippen molar-refractivity contribution in [3.8, 4) is 0 Å². The molecule has 0 aliphatic carbocycles. The molecule has 122 valence electrons. The first-order chi connectivity index (χ1) is 11.1. The second kappa shape index (κ2) is 7.49. The van der Waals surface area contributed by atoms with Gasteiger partial charge in [-0.2, -0.15) is 0 Å². The number of halogens is 2. The molecule has 23 heavy (non-hydrogen) atoms. The Bertz CT molecular complexity index is 680. The standard InChI is InChI=1S/C15H16Cl2N4OS/c16-11-4-3-5-12(17)10(11)8-14-18-13(9-23-14)19-15(22)20-21-6-1-2-7-21/h3-5,9H,1-2,6-8H2,(H2,19,20,22). The Morgan fingerprint density at radius 1 is 1.26 bits per heavy atom. The van der Waals surface area contributed by atoms with E-state index in [1.165, 1.54) is 11.3 Å². The SMILES string of the molecule is O=C(Nc1csc(Cc2c(Cl)cccc2Cl)n1)NN1CCCC1. The summed E-state index contributed by atoms with van der Waals surface area (Å²) in [5.74, 6) is 0.532. The van der Waals surface area contributed by atoms with E-state index in [1.807, 2.05) is 16.5 Å². The molecule has 8 heteroatoms. The minimum atomic E-state index is -0.264. The number of hydrazine groups is 1. The first kappa shape index (κ1) is 16.5. The summed E-state index contributed by atoms with van der Waals surface area (Å²) in [4.78, 5) is 16.3.